The highest BCUT2D eigenvalue weighted by Gasteiger charge is 2.22. The molecule has 0 aromatic heterocycles. The lowest BCUT2D eigenvalue weighted by atomic mass is 9.96. The Kier molecular flexibility index (Phi) is 8.10. The second kappa shape index (κ2) is 10.1. The van der Waals surface area contributed by atoms with Crippen LogP contribution in [0.4, 0.5) is 0 Å². The molecule has 27 heavy (non-hydrogen) atoms. The minimum atomic E-state index is -3.54. The van der Waals surface area contributed by atoms with Gasteiger partial charge in [-0.25, -0.2) is 13.1 Å². The molecule has 1 fully saturated rings. The van der Waals surface area contributed by atoms with Gasteiger partial charge in [0, 0.05) is 12.1 Å². The van der Waals surface area contributed by atoms with Gasteiger partial charge in [-0.05, 0) is 56.9 Å². The van der Waals surface area contributed by atoms with Crippen LogP contribution in [0.2, 0.25) is 0 Å². The van der Waals surface area contributed by atoms with Gasteiger partial charge in [-0.1, -0.05) is 32.6 Å². The highest BCUT2D eigenvalue weighted by molar-refractivity contribution is 7.89. The monoisotopic (exact) mass is 396 g/mol. The number of hydrogen-bond acceptors (Lipinski definition) is 4. The van der Waals surface area contributed by atoms with E-state index >= 15 is 0 Å². The molecule has 1 aromatic rings. The summed E-state index contributed by atoms with van der Waals surface area (Å²) in [6.07, 6.45) is 7.03. The van der Waals surface area contributed by atoms with Gasteiger partial charge in [0.2, 0.25) is 10.0 Å². The summed E-state index contributed by atoms with van der Waals surface area (Å²) in [7, 11) is -3.54. The maximum absolute atomic E-state index is 12.6. The number of ether oxygens (including phenoxy) is 1. The Morgan fingerprint density at radius 2 is 1.96 bits per heavy atom. The van der Waals surface area contributed by atoms with E-state index in [2.05, 4.69) is 17.0 Å². The van der Waals surface area contributed by atoms with Gasteiger partial charge in [-0.15, -0.1) is 0 Å². The lowest BCUT2D eigenvalue weighted by Gasteiger charge is -2.22. The third-order valence-corrected chi connectivity index (χ3v) is 6.39. The number of benzene rings is 1. The fraction of sp³-hybridized carbons (Fsp3) is 0.650. The number of aryl methyl sites for hydroxylation is 1. The zero-order chi connectivity index (χ0) is 19.9. The number of nitrogens with one attached hydrogen (secondary N) is 2. The highest BCUT2D eigenvalue weighted by Crippen LogP contribution is 2.24. The summed E-state index contributed by atoms with van der Waals surface area (Å²) < 4.78 is 33.6. The number of rotatable bonds is 9. The first kappa shape index (κ1) is 21.7. The zero-order valence-corrected chi connectivity index (χ0v) is 17.4. The zero-order valence-electron chi connectivity index (χ0n) is 16.6. The number of hydrogen-bond donors (Lipinski definition) is 2. The molecule has 1 amide bonds. The smallest absolute Gasteiger partial charge is 0.258 e. The molecule has 0 aliphatic heterocycles. The van der Waals surface area contributed by atoms with Crippen molar-refractivity contribution in [3.05, 3.63) is 23.8 Å². The molecule has 7 heteroatoms. The van der Waals surface area contributed by atoms with E-state index in [4.69, 9.17) is 4.74 Å². The lowest BCUT2D eigenvalue weighted by Crippen LogP contribution is -2.36. The first-order chi connectivity index (χ1) is 12.8. The Labute approximate surface area is 163 Å². The molecule has 2 rings (SSSR count). The summed E-state index contributed by atoms with van der Waals surface area (Å²) in [4.78, 5) is 12.2. The summed E-state index contributed by atoms with van der Waals surface area (Å²) >= 11 is 0. The van der Waals surface area contributed by atoms with Gasteiger partial charge in [0.15, 0.2) is 6.61 Å². The van der Waals surface area contributed by atoms with E-state index in [9.17, 15) is 13.2 Å². The molecule has 0 radical (unpaired) electrons. The van der Waals surface area contributed by atoms with Crippen molar-refractivity contribution in [1.29, 1.82) is 0 Å². The topological polar surface area (TPSA) is 84.5 Å². The Bertz CT molecular complexity index is 727. The maximum Gasteiger partial charge on any atom is 0.258 e. The van der Waals surface area contributed by atoms with Crippen LogP contribution in [0.1, 0.15) is 64.4 Å². The molecule has 0 saturated heterocycles. The van der Waals surface area contributed by atoms with E-state index in [-0.39, 0.29) is 29.5 Å². The molecule has 1 aliphatic rings. The van der Waals surface area contributed by atoms with Gasteiger partial charge < -0.3 is 10.1 Å². The van der Waals surface area contributed by atoms with E-state index in [1.807, 2.05) is 6.92 Å². The summed E-state index contributed by atoms with van der Waals surface area (Å²) in [6, 6.07) is 4.89. The fourth-order valence-corrected chi connectivity index (χ4v) is 4.81. The molecule has 6 nitrogen and oxygen atoms in total. The van der Waals surface area contributed by atoms with Gasteiger partial charge in [-0.2, -0.15) is 0 Å². The van der Waals surface area contributed by atoms with Crippen molar-refractivity contribution in [3.63, 3.8) is 0 Å². The normalized spacial score (nSPS) is 16.7. The van der Waals surface area contributed by atoms with Crippen molar-refractivity contribution in [2.24, 2.45) is 0 Å². The minimum Gasteiger partial charge on any atom is -0.484 e. The standard InChI is InChI=1S/C20H32N2O4S/c1-4-8-16(3)21-20(23)14-26-19-12-11-18(13-15(19)2)27(24,25)22-17-9-6-5-7-10-17/h11-13,16-17,22H,4-10,14H2,1-3H3,(H,21,23)/t16-/m1/s1. The molecule has 0 bridgehead atoms. The van der Waals surface area contributed by atoms with Crippen LogP contribution in [0.25, 0.3) is 0 Å². The first-order valence-electron chi connectivity index (χ1n) is 9.87. The predicted octanol–water partition coefficient (Wildman–Crippen LogP) is 3.29. The molecule has 152 valence electrons. The number of carbonyl (C=O) groups is 1. The quantitative estimate of drug-likeness (QED) is 0.671. The number of sulfonamides is 1. The summed E-state index contributed by atoms with van der Waals surface area (Å²) in [5.41, 5.74) is 0.691. The van der Waals surface area contributed by atoms with Gasteiger partial charge in [-0.3, -0.25) is 4.79 Å². The first-order valence-corrected chi connectivity index (χ1v) is 11.3. The molecule has 2 N–H and O–H groups in total. The molecule has 1 aliphatic carbocycles. The summed E-state index contributed by atoms with van der Waals surface area (Å²) in [5, 5.41) is 2.88. The van der Waals surface area contributed by atoms with E-state index in [1.54, 1.807) is 19.1 Å². The van der Waals surface area contributed by atoms with Crippen molar-refractivity contribution >= 4 is 15.9 Å². The van der Waals surface area contributed by atoms with Crippen LogP contribution >= 0.6 is 0 Å². The molecule has 0 unspecified atom stereocenters. The van der Waals surface area contributed by atoms with E-state index in [0.29, 0.717) is 11.3 Å². The lowest BCUT2D eigenvalue weighted by molar-refractivity contribution is -0.123. The van der Waals surface area contributed by atoms with Crippen LogP contribution in [-0.2, 0) is 14.8 Å². The van der Waals surface area contributed by atoms with E-state index in [0.717, 1.165) is 38.5 Å². The third kappa shape index (κ3) is 6.81. The average Bonchev–Trinajstić information content (AvgIpc) is 2.61. The molecule has 0 heterocycles. The van der Waals surface area contributed by atoms with Crippen molar-refractivity contribution in [1.82, 2.24) is 10.0 Å². The molecule has 1 atom stereocenters. The second-order valence-corrected chi connectivity index (χ2v) is 9.14. The van der Waals surface area contributed by atoms with Crippen molar-refractivity contribution in [2.75, 3.05) is 6.61 Å². The molecule has 0 spiro atoms. The van der Waals surface area contributed by atoms with Crippen molar-refractivity contribution in [3.8, 4) is 5.75 Å². The van der Waals surface area contributed by atoms with Crippen molar-refractivity contribution in [2.45, 2.75) is 82.7 Å². The van der Waals surface area contributed by atoms with E-state index in [1.165, 1.54) is 12.5 Å². The number of amides is 1. The van der Waals surface area contributed by atoms with Crippen LogP contribution in [0, 0.1) is 6.92 Å². The maximum atomic E-state index is 12.6. The summed E-state index contributed by atoms with van der Waals surface area (Å²) in [6.45, 7) is 5.74. The third-order valence-electron chi connectivity index (χ3n) is 4.87. The Balaban J connectivity index is 1.95. The molecule has 1 aromatic carbocycles. The largest absolute Gasteiger partial charge is 0.484 e. The van der Waals surface area contributed by atoms with Crippen LogP contribution in [0.15, 0.2) is 23.1 Å². The van der Waals surface area contributed by atoms with Gasteiger partial charge in [0.05, 0.1) is 4.90 Å². The summed E-state index contributed by atoms with van der Waals surface area (Å²) in [5.74, 6) is 0.343. The minimum absolute atomic E-state index is 0.0220. The highest BCUT2D eigenvalue weighted by atomic mass is 32.2. The van der Waals surface area contributed by atoms with Crippen molar-refractivity contribution < 1.29 is 17.9 Å². The van der Waals surface area contributed by atoms with Gasteiger partial charge >= 0.3 is 0 Å². The van der Waals surface area contributed by atoms with Crippen LogP contribution in [0.5, 0.6) is 5.75 Å². The Morgan fingerprint density at radius 1 is 1.26 bits per heavy atom. The van der Waals surface area contributed by atoms with Gasteiger partial charge in [0.25, 0.3) is 5.91 Å². The van der Waals surface area contributed by atoms with Crippen LogP contribution in [0.3, 0.4) is 0 Å². The van der Waals surface area contributed by atoms with E-state index < -0.39 is 10.0 Å². The van der Waals surface area contributed by atoms with Crippen LogP contribution in [-0.4, -0.2) is 33.0 Å². The van der Waals surface area contributed by atoms with Crippen LogP contribution < -0.4 is 14.8 Å². The Hall–Kier alpha value is -1.60. The fourth-order valence-electron chi connectivity index (χ4n) is 3.42. The van der Waals surface area contributed by atoms with Gasteiger partial charge in [0.1, 0.15) is 5.75 Å². The second-order valence-electron chi connectivity index (χ2n) is 7.43. The SMILES string of the molecule is CCC[C@@H](C)NC(=O)COc1ccc(S(=O)(=O)NC2CCCCC2)cc1C. The number of carbonyl (C=O) groups excluding carboxylic acids is 1. The molecular formula is C20H32N2O4S. The Morgan fingerprint density at radius 3 is 2.59 bits per heavy atom. The average molecular weight is 397 g/mol. The predicted molar refractivity (Wildman–Crippen MR) is 106 cm³/mol. The molecule has 1 saturated carbocycles. The molecular weight excluding hydrogens is 364 g/mol.